The van der Waals surface area contributed by atoms with Crippen molar-refractivity contribution in [1.29, 1.82) is 0 Å². The van der Waals surface area contributed by atoms with Crippen LogP contribution in [0.15, 0.2) is 35.7 Å². The molecule has 0 aliphatic rings. The van der Waals surface area contributed by atoms with Gasteiger partial charge in [-0.2, -0.15) is 0 Å². The maximum Gasteiger partial charge on any atom is 0.138 e. The monoisotopic (exact) mass is 295 g/mol. The van der Waals surface area contributed by atoms with Crippen molar-refractivity contribution in [1.82, 2.24) is 0 Å². The molecule has 0 saturated carbocycles. The van der Waals surface area contributed by atoms with Gasteiger partial charge in [0.2, 0.25) is 0 Å². The van der Waals surface area contributed by atoms with E-state index in [0.717, 1.165) is 17.9 Å². The first-order valence-electron chi connectivity index (χ1n) is 6.46. The van der Waals surface area contributed by atoms with Gasteiger partial charge in [0.05, 0.1) is 17.7 Å². The molecule has 2 aromatic rings. The molecule has 0 amide bonds. The smallest absolute Gasteiger partial charge is 0.138 e. The van der Waals surface area contributed by atoms with Crippen LogP contribution >= 0.6 is 22.9 Å². The molecule has 4 heteroatoms. The fourth-order valence-electron chi connectivity index (χ4n) is 1.93. The Morgan fingerprint density at radius 3 is 2.74 bits per heavy atom. The third-order valence-electron chi connectivity index (χ3n) is 2.87. The fraction of sp³-hybridized carbons (Fsp3) is 0.333. The maximum absolute atomic E-state index is 6.20. The van der Waals surface area contributed by atoms with Crippen molar-refractivity contribution in [3.05, 3.63) is 45.6 Å². The molecule has 1 heterocycles. The van der Waals surface area contributed by atoms with E-state index in [1.54, 1.807) is 11.3 Å². The molecule has 2 nitrogen and oxygen atoms in total. The molecule has 0 spiro atoms. The van der Waals surface area contributed by atoms with Crippen molar-refractivity contribution in [3.8, 4) is 5.75 Å². The fourth-order valence-corrected chi connectivity index (χ4v) is 3.02. The van der Waals surface area contributed by atoms with Gasteiger partial charge in [-0.25, -0.2) is 0 Å². The Morgan fingerprint density at radius 2 is 2.16 bits per heavy atom. The summed E-state index contributed by atoms with van der Waals surface area (Å²) in [6.07, 6.45) is 1.03. The van der Waals surface area contributed by atoms with Gasteiger partial charge < -0.3 is 10.1 Å². The number of benzene rings is 1. The van der Waals surface area contributed by atoms with Gasteiger partial charge in [-0.15, -0.1) is 11.3 Å². The highest BCUT2D eigenvalue weighted by Crippen LogP contribution is 2.31. The summed E-state index contributed by atoms with van der Waals surface area (Å²) < 4.78 is 5.44. The van der Waals surface area contributed by atoms with Crippen LogP contribution in [0, 0.1) is 0 Å². The van der Waals surface area contributed by atoms with Crippen LogP contribution in [0.2, 0.25) is 5.02 Å². The molecule has 102 valence electrons. The van der Waals surface area contributed by atoms with Crippen LogP contribution < -0.4 is 10.1 Å². The summed E-state index contributed by atoms with van der Waals surface area (Å²) in [5, 5.41) is 6.26. The Morgan fingerprint density at radius 1 is 1.32 bits per heavy atom. The van der Waals surface area contributed by atoms with E-state index in [1.807, 2.05) is 25.1 Å². The molecule has 0 saturated heterocycles. The SMILES string of the molecule is CCOc1ccc(NC(CC)c2cccs2)cc1Cl. The average molecular weight is 296 g/mol. The number of hydrogen-bond donors (Lipinski definition) is 1. The van der Waals surface area contributed by atoms with E-state index in [-0.39, 0.29) is 0 Å². The second-order valence-corrected chi connectivity index (χ2v) is 5.59. The topological polar surface area (TPSA) is 21.3 Å². The van der Waals surface area contributed by atoms with Gasteiger partial charge >= 0.3 is 0 Å². The molecule has 1 N–H and O–H groups in total. The van der Waals surface area contributed by atoms with Crippen LogP contribution in [0.5, 0.6) is 5.75 Å². The number of ether oxygens (including phenoxy) is 1. The van der Waals surface area contributed by atoms with Crippen LogP contribution in [-0.2, 0) is 0 Å². The van der Waals surface area contributed by atoms with Crippen molar-refractivity contribution < 1.29 is 4.74 Å². The highest BCUT2D eigenvalue weighted by molar-refractivity contribution is 7.10. The van der Waals surface area contributed by atoms with Crippen LogP contribution in [0.4, 0.5) is 5.69 Å². The Bertz CT molecular complexity index is 513. The highest BCUT2D eigenvalue weighted by atomic mass is 35.5. The van der Waals surface area contributed by atoms with Gasteiger partial charge in [0.25, 0.3) is 0 Å². The van der Waals surface area contributed by atoms with E-state index >= 15 is 0 Å². The molecule has 0 aliphatic heterocycles. The second kappa shape index (κ2) is 6.83. The van der Waals surface area contributed by atoms with Crippen LogP contribution in [0.1, 0.15) is 31.2 Å². The van der Waals surface area contributed by atoms with E-state index in [4.69, 9.17) is 16.3 Å². The molecular formula is C15H18ClNOS. The maximum atomic E-state index is 6.20. The predicted octanol–water partition coefficient (Wildman–Crippen LogP) is 5.36. The van der Waals surface area contributed by atoms with Crippen molar-refractivity contribution in [3.63, 3.8) is 0 Å². The Hall–Kier alpha value is -1.19. The van der Waals surface area contributed by atoms with Gasteiger partial charge in [-0.05, 0) is 43.0 Å². The molecule has 1 aromatic carbocycles. The third-order valence-corrected chi connectivity index (χ3v) is 4.15. The second-order valence-electron chi connectivity index (χ2n) is 4.20. The lowest BCUT2D eigenvalue weighted by Gasteiger charge is -2.17. The van der Waals surface area contributed by atoms with Crippen molar-refractivity contribution in [2.45, 2.75) is 26.3 Å². The largest absolute Gasteiger partial charge is 0.492 e. The minimum absolute atomic E-state index is 0.328. The lowest BCUT2D eigenvalue weighted by molar-refractivity contribution is 0.340. The third kappa shape index (κ3) is 3.64. The van der Waals surface area contributed by atoms with Crippen molar-refractivity contribution in [2.75, 3.05) is 11.9 Å². The molecule has 19 heavy (non-hydrogen) atoms. The normalized spacial score (nSPS) is 12.2. The zero-order valence-electron chi connectivity index (χ0n) is 11.2. The Kier molecular flexibility index (Phi) is 5.11. The Balaban J connectivity index is 2.12. The molecule has 0 fully saturated rings. The van der Waals surface area contributed by atoms with Crippen LogP contribution in [0.3, 0.4) is 0 Å². The van der Waals surface area contributed by atoms with Gasteiger partial charge in [0, 0.05) is 10.6 Å². The van der Waals surface area contributed by atoms with E-state index in [2.05, 4.69) is 29.8 Å². The first kappa shape index (κ1) is 14.2. The molecule has 2 rings (SSSR count). The van der Waals surface area contributed by atoms with Crippen molar-refractivity contribution >= 4 is 28.6 Å². The summed E-state index contributed by atoms with van der Waals surface area (Å²) in [6, 6.07) is 10.4. The first-order chi connectivity index (χ1) is 9.24. The van der Waals surface area contributed by atoms with E-state index in [0.29, 0.717) is 17.7 Å². The quantitative estimate of drug-likeness (QED) is 0.774. The zero-order chi connectivity index (χ0) is 13.7. The molecule has 0 aliphatic carbocycles. The van der Waals surface area contributed by atoms with Crippen molar-refractivity contribution in [2.24, 2.45) is 0 Å². The van der Waals surface area contributed by atoms with Crippen LogP contribution in [-0.4, -0.2) is 6.61 Å². The molecule has 0 radical (unpaired) electrons. The minimum atomic E-state index is 0.328. The standard InChI is InChI=1S/C15H18ClNOS/c1-3-13(15-6-5-9-19-15)17-11-7-8-14(18-4-2)12(16)10-11/h5-10,13,17H,3-4H2,1-2H3. The van der Waals surface area contributed by atoms with E-state index < -0.39 is 0 Å². The summed E-state index contributed by atoms with van der Waals surface area (Å²) in [7, 11) is 0. The summed E-state index contributed by atoms with van der Waals surface area (Å²) in [5.41, 5.74) is 1.02. The van der Waals surface area contributed by atoms with Gasteiger partial charge in [-0.3, -0.25) is 0 Å². The van der Waals surface area contributed by atoms with Crippen LogP contribution in [0.25, 0.3) is 0 Å². The summed E-state index contributed by atoms with van der Waals surface area (Å²) in [6.45, 7) is 4.75. The molecule has 1 aromatic heterocycles. The van der Waals surface area contributed by atoms with Gasteiger partial charge in [0.15, 0.2) is 0 Å². The zero-order valence-corrected chi connectivity index (χ0v) is 12.7. The predicted molar refractivity (Wildman–Crippen MR) is 83.6 cm³/mol. The lowest BCUT2D eigenvalue weighted by Crippen LogP contribution is -2.08. The van der Waals surface area contributed by atoms with Gasteiger partial charge in [0.1, 0.15) is 5.75 Å². The molecule has 0 bridgehead atoms. The Labute approximate surface area is 123 Å². The van der Waals surface area contributed by atoms with E-state index in [9.17, 15) is 0 Å². The average Bonchev–Trinajstić information content (AvgIpc) is 2.93. The molecule has 1 atom stereocenters. The molecule has 1 unspecified atom stereocenters. The lowest BCUT2D eigenvalue weighted by atomic mass is 10.1. The van der Waals surface area contributed by atoms with Gasteiger partial charge in [-0.1, -0.05) is 24.6 Å². The number of rotatable bonds is 6. The number of hydrogen-bond acceptors (Lipinski definition) is 3. The number of halogens is 1. The highest BCUT2D eigenvalue weighted by Gasteiger charge is 2.11. The number of anilines is 1. The summed E-state index contributed by atoms with van der Waals surface area (Å²) in [5.74, 6) is 0.735. The minimum Gasteiger partial charge on any atom is -0.492 e. The van der Waals surface area contributed by atoms with E-state index in [1.165, 1.54) is 4.88 Å². The summed E-state index contributed by atoms with van der Waals surface area (Å²) in [4.78, 5) is 1.34. The molecular weight excluding hydrogens is 278 g/mol. The number of nitrogens with one attached hydrogen (secondary N) is 1. The first-order valence-corrected chi connectivity index (χ1v) is 7.72. The summed E-state index contributed by atoms with van der Waals surface area (Å²) >= 11 is 7.97. The number of thiophene rings is 1.